The van der Waals surface area contributed by atoms with Crippen molar-refractivity contribution >= 4 is 28.4 Å². The number of aromatic nitrogens is 2. The normalized spacial score (nSPS) is 18.5. The number of halogens is 1. The third-order valence-corrected chi connectivity index (χ3v) is 3.70. The van der Waals surface area contributed by atoms with E-state index in [0.29, 0.717) is 0 Å². The smallest absolute Gasteiger partial charge is 0.264 e. The standard InChI is InChI=1S/C14H13FN4O3/c1-6-17-9-5-7(15)4-8(16)12(9)14(22)19(6)10-2-3-11(20)18-13(10)21/h4-5,10H,2-3,16H2,1H3,(H,18,20,21)/t10-/m1/s1. The summed E-state index contributed by atoms with van der Waals surface area (Å²) in [5, 5.41) is 2.26. The first-order valence-corrected chi connectivity index (χ1v) is 6.70. The molecule has 7 nitrogen and oxygen atoms in total. The first kappa shape index (κ1) is 14.2. The van der Waals surface area contributed by atoms with Crippen molar-refractivity contribution in [3.8, 4) is 0 Å². The molecule has 114 valence electrons. The van der Waals surface area contributed by atoms with Crippen LogP contribution < -0.4 is 16.6 Å². The van der Waals surface area contributed by atoms with Crippen LogP contribution in [0.3, 0.4) is 0 Å². The van der Waals surface area contributed by atoms with Gasteiger partial charge in [-0.1, -0.05) is 0 Å². The zero-order valence-electron chi connectivity index (χ0n) is 11.7. The summed E-state index contributed by atoms with van der Waals surface area (Å²) in [6, 6.07) is 1.33. The number of carbonyl (C=O) groups is 2. The van der Waals surface area contributed by atoms with E-state index in [4.69, 9.17) is 5.73 Å². The maximum Gasteiger partial charge on any atom is 0.264 e. The number of hydrogen-bond donors (Lipinski definition) is 2. The maximum atomic E-state index is 13.4. The van der Waals surface area contributed by atoms with Crippen LogP contribution in [0.4, 0.5) is 10.1 Å². The Morgan fingerprint density at radius 2 is 2.09 bits per heavy atom. The van der Waals surface area contributed by atoms with E-state index >= 15 is 0 Å². The molecule has 3 rings (SSSR count). The Balaban J connectivity index is 2.25. The van der Waals surface area contributed by atoms with Crippen LogP contribution in [-0.4, -0.2) is 21.4 Å². The minimum Gasteiger partial charge on any atom is -0.398 e. The van der Waals surface area contributed by atoms with Gasteiger partial charge in [-0.25, -0.2) is 9.37 Å². The number of rotatable bonds is 1. The molecule has 1 aliphatic rings. The van der Waals surface area contributed by atoms with Crippen molar-refractivity contribution in [2.45, 2.75) is 25.8 Å². The molecule has 22 heavy (non-hydrogen) atoms. The fraction of sp³-hybridized carbons (Fsp3) is 0.286. The van der Waals surface area contributed by atoms with Crippen LogP contribution in [0.5, 0.6) is 0 Å². The highest BCUT2D eigenvalue weighted by Crippen LogP contribution is 2.22. The Labute approximate surface area is 123 Å². The summed E-state index contributed by atoms with van der Waals surface area (Å²) in [6.07, 6.45) is 0.346. The Morgan fingerprint density at radius 1 is 1.36 bits per heavy atom. The summed E-state index contributed by atoms with van der Waals surface area (Å²) in [5.74, 6) is -1.25. The van der Waals surface area contributed by atoms with Gasteiger partial charge in [-0.15, -0.1) is 0 Å². The van der Waals surface area contributed by atoms with E-state index in [1.54, 1.807) is 6.92 Å². The second kappa shape index (κ2) is 4.90. The van der Waals surface area contributed by atoms with Crippen molar-refractivity contribution in [1.82, 2.24) is 14.9 Å². The summed E-state index contributed by atoms with van der Waals surface area (Å²) in [6.45, 7) is 1.55. The molecule has 1 saturated heterocycles. The second-order valence-electron chi connectivity index (χ2n) is 5.19. The summed E-state index contributed by atoms with van der Waals surface area (Å²) >= 11 is 0. The highest BCUT2D eigenvalue weighted by molar-refractivity contribution is 5.99. The lowest BCUT2D eigenvalue weighted by molar-refractivity contribution is -0.135. The first-order chi connectivity index (χ1) is 10.4. The molecule has 0 aliphatic carbocycles. The molecule has 1 atom stereocenters. The number of nitrogen functional groups attached to an aromatic ring is 1. The molecule has 0 unspecified atom stereocenters. The lowest BCUT2D eigenvalue weighted by atomic mass is 10.1. The number of amides is 2. The Kier molecular flexibility index (Phi) is 3.16. The second-order valence-corrected chi connectivity index (χ2v) is 5.19. The van der Waals surface area contributed by atoms with Crippen molar-refractivity contribution < 1.29 is 14.0 Å². The van der Waals surface area contributed by atoms with Gasteiger partial charge in [0, 0.05) is 18.2 Å². The third-order valence-electron chi connectivity index (χ3n) is 3.70. The average molecular weight is 304 g/mol. The van der Waals surface area contributed by atoms with Gasteiger partial charge in [0.2, 0.25) is 11.8 Å². The number of hydrogen-bond acceptors (Lipinski definition) is 5. The number of nitrogens with two attached hydrogens (primary N) is 1. The monoisotopic (exact) mass is 304 g/mol. The van der Waals surface area contributed by atoms with Gasteiger partial charge >= 0.3 is 0 Å². The van der Waals surface area contributed by atoms with Crippen molar-refractivity contribution in [1.29, 1.82) is 0 Å². The third kappa shape index (κ3) is 2.12. The average Bonchev–Trinajstić information content (AvgIpc) is 2.39. The van der Waals surface area contributed by atoms with Gasteiger partial charge in [-0.05, 0) is 19.4 Å². The highest BCUT2D eigenvalue weighted by Gasteiger charge is 2.30. The maximum absolute atomic E-state index is 13.4. The van der Waals surface area contributed by atoms with E-state index < -0.39 is 23.3 Å². The molecule has 0 radical (unpaired) electrons. The Hall–Kier alpha value is -2.77. The Morgan fingerprint density at radius 3 is 2.77 bits per heavy atom. The number of nitrogens with one attached hydrogen (secondary N) is 1. The fourth-order valence-electron chi connectivity index (χ4n) is 2.73. The van der Waals surface area contributed by atoms with Gasteiger partial charge in [-0.3, -0.25) is 24.3 Å². The molecule has 3 N–H and O–H groups in total. The molecule has 2 aromatic rings. The van der Waals surface area contributed by atoms with Crippen LogP contribution in [0.25, 0.3) is 10.9 Å². The number of carbonyl (C=O) groups excluding carboxylic acids is 2. The van der Waals surface area contributed by atoms with Crippen LogP contribution in [0.2, 0.25) is 0 Å². The first-order valence-electron chi connectivity index (χ1n) is 6.70. The minimum atomic E-state index is -0.827. The fourth-order valence-corrected chi connectivity index (χ4v) is 2.73. The molecule has 2 amide bonds. The molecular formula is C14H13FN4O3. The quantitative estimate of drug-likeness (QED) is 0.586. The molecule has 1 fully saturated rings. The van der Waals surface area contributed by atoms with E-state index in [9.17, 15) is 18.8 Å². The van der Waals surface area contributed by atoms with E-state index in [1.807, 2.05) is 0 Å². The van der Waals surface area contributed by atoms with E-state index in [1.165, 1.54) is 4.57 Å². The number of anilines is 1. The lowest BCUT2D eigenvalue weighted by Crippen LogP contribution is -2.45. The van der Waals surface area contributed by atoms with Crippen molar-refractivity contribution in [3.05, 3.63) is 34.1 Å². The van der Waals surface area contributed by atoms with Gasteiger partial charge in [0.15, 0.2) is 0 Å². The van der Waals surface area contributed by atoms with Crippen molar-refractivity contribution in [2.24, 2.45) is 0 Å². The number of imide groups is 1. The van der Waals surface area contributed by atoms with Crippen LogP contribution >= 0.6 is 0 Å². The summed E-state index contributed by atoms with van der Waals surface area (Å²) < 4.78 is 14.6. The molecule has 1 aromatic heterocycles. The molecule has 0 bridgehead atoms. The van der Waals surface area contributed by atoms with E-state index in [2.05, 4.69) is 10.3 Å². The van der Waals surface area contributed by atoms with Gasteiger partial charge < -0.3 is 5.73 Å². The van der Waals surface area contributed by atoms with Crippen LogP contribution in [0.1, 0.15) is 24.7 Å². The van der Waals surface area contributed by atoms with Gasteiger partial charge in [-0.2, -0.15) is 0 Å². The summed E-state index contributed by atoms with van der Waals surface area (Å²) in [5.41, 5.74) is 5.30. The summed E-state index contributed by atoms with van der Waals surface area (Å²) in [7, 11) is 0. The van der Waals surface area contributed by atoms with E-state index in [0.717, 1.165) is 12.1 Å². The van der Waals surface area contributed by atoms with Gasteiger partial charge in [0.1, 0.15) is 17.7 Å². The predicted octanol–water partition coefficient (Wildman–Crippen LogP) is 0.404. The zero-order valence-corrected chi connectivity index (χ0v) is 11.7. The molecule has 0 saturated carbocycles. The van der Waals surface area contributed by atoms with Gasteiger partial charge in [0.05, 0.1) is 10.9 Å². The van der Waals surface area contributed by atoms with E-state index in [-0.39, 0.29) is 41.2 Å². The number of benzene rings is 1. The largest absolute Gasteiger partial charge is 0.398 e. The van der Waals surface area contributed by atoms with Crippen LogP contribution in [-0.2, 0) is 9.59 Å². The van der Waals surface area contributed by atoms with Crippen LogP contribution in [0.15, 0.2) is 16.9 Å². The predicted molar refractivity (Wildman–Crippen MR) is 76.5 cm³/mol. The van der Waals surface area contributed by atoms with Gasteiger partial charge in [0.25, 0.3) is 5.56 Å². The zero-order chi connectivity index (χ0) is 16.0. The topological polar surface area (TPSA) is 107 Å². The van der Waals surface area contributed by atoms with Crippen LogP contribution in [0, 0.1) is 12.7 Å². The van der Waals surface area contributed by atoms with Crippen molar-refractivity contribution in [3.63, 3.8) is 0 Å². The number of fused-ring (bicyclic) bond motifs is 1. The minimum absolute atomic E-state index is 0.0338. The molecule has 1 aromatic carbocycles. The number of nitrogens with zero attached hydrogens (tertiary/aromatic N) is 2. The van der Waals surface area contributed by atoms with Crippen molar-refractivity contribution in [2.75, 3.05) is 5.73 Å². The highest BCUT2D eigenvalue weighted by atomic mass is 19.1. The molecule has 0 spiro atoms. The molecule has 8 heteroatoms. The number of aryl methyl sites for hydroxylation is 1. The SMILES string of the molecule is Cc1nc2cc(F)cc(N)c2c(=O)n1[C@@H]1CCC(=O)NC1=O. The lowest BCUT2D eigenvalue weighted by Gasteiger charge is -2.24. The summed E-state index contributed by atoms with van der Waals surface area (Å²) in [4.78, 5) is 40.0. The Bertz CT molecular complexity index is 874. The molecular weight excluding hydrogens is 291 g/mol. The molecule has 2 heterocycles. The number of piperidine rings is 1. The molecule has 1 aliphatic heterocycles.